The molecule has 5 heteroatoms. The third kappa shape index (κ3) is 9.56. The summed E-state index contributed by atoms with van der Waals surface area (Å²) in [6.45, 7) is 26.6. The molecule has 0 amide bonds. The van der Waals surface area contributed by atoms with Crippen molar-refractivity contribution in [2.75, 3.05) is 9.80 Å². The lowest BCUT2D eigenvalue weighted by Gasteiger charge is -2.47. The van der Waals surface area contributed by atoms with E-state index in [9.17, 15) is 13.7 Å². The molecule has 16 aromatic rings. The van der Waals surface area contributed by atoms with Crippen molar-refractivity contribution in [1.82, 2.24) is 9.13 Å². The number of anilines is 6. The number of hydrogen-bond donors (Lipinski definition) is 0. The molecule has 13 aromatic carbocycles. The van der Waals surface area contributed by atoms with Crippen LogP contribution in [0.4, 0.5) is 34.1 Å². The number of benzene rings is 13. The van der Waals surface area contributed by atoms with Crippen molar-refractivity contribution in [3.63, 3.8) is 0 Å². The molecule has 0 spiro atoms. The Balaban J connectivity index is 1.02. The van der Waals surface area contributed by atoms with Crippen LogP contribution in [-0.2, 0) is 21.7 Å². The Labute approximate surface area is 609 Å². The Morgan fingerprint density at radius 1 is 0.310 bits per heavy atom. The second kappa shape index (κ2) is 22.2. The van der Waals surface area contributed by atoms with Crippen LogP contribution in [0.1, 0.15) is 150 Å². The highest BCUT2D eigenvalue weighted by molar-refractivity contribution is 6.16. The van der Waals surface area contributed by atoms with E-state index in [1.807, 2.05) is 78.9 Å². The van der Waals surface area contributed by atoms with E-state index in [0.29, 0.717) is 33.4 Å². The van der Waals surface area contributed by atoms with Gasteiger partial charge in [0.2, 0.25) is 0 Å². The molecule has 5 heterocycles. The lowest BCUT2D eigenvalue weighted by molar-refractivity contribution is 0.569. The highest BCUT2D eigenvalue weighted by atomic mass is 16.3. The zero-order valence-corrected chi connectivity index (χ0v) is 58.0. The van der Waals surface area contributed by atoms with Gasteiger partial charge >= 0.3 is 0 Å². The molecule has 18 rings (SSSR count). The Morgan fingerprint density at radius 2 is 0.760 bits per heavy atom. The van der Waals surface area contributed by atoms with Gasteiger partial charge in [0, 0.05) is 60.6 Å². The summed E-state index contributed by atoms with van der Waals surface area (Å²) in [5, 5.41) is 1.09. The van der Waals surface area contributed by atoms with E-state index in [-0.39, 0.29) is 65.7 Å². The molecule has 0 bridgehead atoms. The van der Waals surface area contributed by atoms with E-state index >= 15 is 0 Å². The minimum absolute atomic E-state index is 0.0133. The fraction of sp³-hybridized carbons (Fsp3) is 0.179. The zero-order chi connectivity index (χ0) is 82.4. The van der Waals surface area contributed by atoms with Crippen LogP contribution in [0.15, 0.2) is 277 Å². The first kappa shape index (κ1) is 46.2. The summed E-state index contributed by atoms with van der Waals surface area (Å²) in [6, 6.07) is 53.1. The summed E-state index contributed by atoms with van der Waals surface area (Å²) >= 11 is 0. The molecule has 0 radical (unpaired) electrons. The fourth-order valence-electron chi connectivity index (χ4n) is 15.4. The number of rotatable bonds is 7. The average molecular weight is 1310 g/mol. The fourth-order valence-corrected chi connectivity index (χ4v) is 15.4. The minimum atomic E-state index is -0.633. The van der Waals surface area contributed by atoms with Gasteiger partial charge in [-0.25, -0.2) is 0 Å². The largest absolute Gasteiger partial charge is 0.452 e. The lowest BCUT2D eigenvalue weighted by atomic mass is 9.72. The van der Waals surface area contributed by atoms with E-state index < -0.39 is 113 Å². The molecular weight excluding hydrogens is 1210 g/mol. The van der Waals surface area contributed by atoms with Gasteiger partial charge in [-0.2, -0.15) is 0 Å². The molecule has 0 saturated heterocycles. The minimum Gasteiger partial charge on any atom is -0.452 e. The van der Waals surface area contributed by atoms with Gasteiger partial charge in [0.1, 0.15) is 0 Å². The van der Waals surface area contributed by atoms with Crippen LogP contribution in [0.3, 0.4) is 0 Å². The van der Waals surface area contributed by atoms with E-state index in [4.69, 9.17) is 12.6 Å². The Bertz CT molecular complexity index is 6780. The highest BCUT2D eigenvalue weighted by Gasteiger charge is 2.44. The van der Waals surface area contributed by atoms with E-state index in [0.717, 1.165) is 95.1 Å². The smallest absolute Gasteiger partial charge is 0.159 e. The van der Waals surface area contributed by atoms with Crippen molar-refractivity contribution < 1.29 is 26.3 Å². The molecule has 1 atom stereocenters. The molecule has 2 aliphatic rings. The third-order valence-electron chi connectivity index (χ3n) is 20.6. The van der Waals surface area contributed by atoms with Crippen molar-refractivity contribution in [1.29, 1.82) is 0 Å². The monoisotopic (exact) mass is 1310 g/mol. The van der Waals surface area contributed by atoms with Gasteiger partial charge in [0.05, 0.1) is 83.8 Å². The lowest BCUT2D eigenvalue weighted by Crippen LogP contribution is -2.31. The Hall–Kier alpha value is -11.1. The summed E-state index contributed by atoms with van der Waals surface area (Å²) < 4.78 is 160. The van der Waals surface area contributed by atoms with E-state index in [1.165, 1.54) is 4.57 Å². The Kier molecular flexibility index (Phi) is 10.2. The molecule has 1 unspecified atom stereocenters. The molecule has 0 aliphatic carbocycles. The average Bonchev–Trinajstić information content (AvgIpc) is 0.897. The standard InChI is InChI=1S/C95H82N4O/c1-92(2,3)62-49-61(50-63(52-62)93(4,5)6)60-45-48-81-76(51-60)87-73-47-46-66(96-77-39-23-19-33-67(77)68-34-20-24-40-78(68)96)57-84(73)99(89-74(58-29-15-13-16-30-58)53-64(94(7,8)9)54-75(89)59-31-17-14-18-32-59)86-56-65(95(10,11)12)55-85(88(86)87)98(81)83-44-28-38-72-71-37-27-43-82(90(71)100-91(72)83)97-79-41-25-21-35-69(79)70-36-22-26-42-80(70)97/h13-57,87H,1-12H3/i19D,20D,21D,22D,23D,24D,25D,26D,33D,34D,35D,36D,39D,40D,41D,42D. The molecule has 488 valence electrons. The SMILES string of the molecule is [2H]c1c([2H])c([2H])c2c(c1[2H])c1c([2H])c([2H])c([2H])c([2H])c1n2-c1ccc2c(c1)N(c1c(-c3ccccc3)cc(C(C)(C)C)cc1-c1ccccc1)c1cc(C(C)(C)C)cc3c1C2c1cc(-c2cc(C(C)(C)C)cc(C(C)(C)C)c2)ccc1N3c1cccc2c1oc1c(-n3c4c([2H])c([2H])c([2H])c([2H])c4c4c([2H])c([2H])c([2H])c([2H])c43)cccc12. The molecule has 2 aliphatic heterocycles. The van der Waals surface area contributed by atoms with Gasteiger partial charge in [-0.05, 0) is 162 Å². The summed E-state index contributed by atoms with van der Waals surface area (Å²) in [6.07, 6.45) is 0. The number of para-hydroxylation sites is 6. The van der Waals surface area contributed by atoms with Gasteiger partial charge in [-0.1, -0.05) is 271 Å². The predicted octanol–water partition coefficient (Wildman–Crippen LogP) is 26.7. The van der Waals surface area contributed by atoms with Gasteiger partial charge in [-0.15, -0.1) is 0 Å². The molecule has 0 fully saturated rings. The van der Waals surface area contributed by atoms with Crippen molar-refractivity contribution in [3.05, 3.63) is 312 Å². The molecule has 100 heavy (non-hydrogen) atoms. The normalized spacial score (nSPS) is 16.3. The van der Waals surface area contributed by atoms with Gasteiger partial charge in [-0.3, -0.25) is 0 Å². The number of fused-ring (bicyclic) bond motifs is 13. The maximum atomic E-state index is 9.84. The first-order valence-corrected chi connectivity index (χ1v) is 34.3. The van der Waals surface area contributed by atoms with Gasteiger partial charge in [0.15, 0.2) is 11.2 Å². The van der Waals surface area contributed by atoms with Crippen molar-refractivity contribution in [3.8, 4) is 44.8 Å². The number of nitrogens with zero attached hydrogens (tertiary/aromatic N) is 4. The first-order chi connectivity index (χ1) is 54.8. The first-order valence-electron chi connectivity index (χ1n) is 42.3. The number of hydrogen-bond acceptors (Lipinski definition) is 3. The van der Waals surface area contributed by atoms with Crippen LogP contribution >= 0.6 is 0 Å². The molecular formula is C95H82N4O. The summed E-state index contributed by atoms with van der Waals surface area (Å²) in [4.78, 5) is 4.65. The zero-order valence-electron chi connectivity index (χ0n) is 74.0. The molecule has 3 aromatic heterocycles. The maximum Gasteiger partial charge on any atom is 0.159 e. The summed E-state index contributed by atoms with van der Waals surface area (Å²) in [7, 11) is 0. The van der Waals surface area contributed by atoms with Gasteiger partial charge < -0.3 is 23.4 Å². The second-order valence-electron chi connectivity index (χ2n) is 31.0. The van der Waals surface area contributed by atoms with Crippen LogP contribution in [0, 0.1) is 0 Å². The van der Waals surface area contributed by atoms with E-state index in [2.05, 4.69) is 184 Å². The molecule has 0 saturated carbocycles. The maximum absolute atomic E-state index is 9.84. The Morgan fingerprint density at radius 3 is 1.27 bits per heavy atom. The van der Waals surface area contributed by atoms with Crippen molar-refractivity contribution >= 4 is 99.7 Å². The van der Waals surface area contributed by atoms with Crippen LogP contribution < -0.4 is 9.80 Å². The number of furan rings is 1. The summed E-state index contributed by atoms with van der Waals surface area (Å²) in [5.74, 6) is -0.633. The van der Waals surface area contributed by atoms with Crippen molar-refractivity contribution in [2.45, 2.75) is 111 Å². The quantitative estimate of drug-likeness (QED) is 0.159. The van der Waals surface area contributed by atoms with Crippen LogP contribution in [0.25, 0.3) is 110 Å². The van der Waals surface area contributed by atoms with Crippen LogP contribution in [0.2, 0.25) is 0 Å². The third-order valence-corrected chi connectivity index (χ3v) is 20.6. The summed E-state index contributed by atoms with van der Waals surface area (Å²) in [5.41, 5.74) is 16.7. The van der Waals surface area contributed by atoms with Crippen molar-refractivity contribution in [2.24, 2.45) is 0 Å². The second-order valence-corrected chi connectivity index (χ2v) is 31.0. The van der Waals surface area contributed by atoms with E-state index in [1.54, 1.807) is 10.6 Å². The highest BCUT2D eigenvalue weighted by Crippen LogP contribution is 2.64. The van der Waals surface area contributed by atoms with Crippen LogP contribution in [0.5, 0.6) is 0 Å². The molecule has 5 nitrogen and oxygen atoms in total. The number of aromatic nitrogens is 2. The van der Waals surface area contributed by atoms with Gasteiger partial charge in [0.25, 0.3) is 0 Å². The van der Waals surface area contributed by atoms with Crippen LogP contribution in [-0.4, -0.2) is 9.13 Å². The predicted molar refractivity (Wildman–Crippen MR) is 424 cm³/mol. The topological polar surface area (TPSA) is 29.5 Å². The molecule has 0 N–H and O–H groups in total.